The molecule has 43 heavy (non-hydrogen) atoms. The Kier molecular flexibility index (Phi) is 9.83. The fraction of sp³-hybridized carbons (Fsp3) is 0.629. The summed E-state index contributed by atoms with van der Waals surface area (Å²) in [4.78, 5) is 22.3. The minimum Gasteiger partial charge on any atom is -0.394 e. The molecule has 1 aliphatic heterocycles. The Morgan fingerprint density at radius 1 is 1.14 bits per heavy atom. The van der Waals surface area contributed by atoms with E-state index in [4.69, 9.17) is 4.84 Å². The van der Waals surface area contributed by atoms with Gasteiger partial charge in [0, 0.05) is 24.2 Å². The lowest BCUT2D eigenvalue weighted by Crippen LogP contribution is -2.62. The average Bonchev–Trinajstić information content (AvgIpc) is 3.35. The van der Waals surface area contributed by atoms with Gasteiger partial charge in [-0.3, -0.25) is 9.63 Å². The first-order chi connectivity index (χ1) is 20.5. The lowest BCUT2D eigenvalue weighted by molar-refractivity contribution is -0.183. The van der Waals surface area contributed by atoms with Crippen LogP contribution in [0.1, 0.15) is 52.5 Å². The smallest absolute Gasteiger partial charge is 0.240 e. The van der Waals surface area contributed by atoms with Crippen LogP contribution in [0.15, 0.2) is 48.5 Å². The predicted octanol–water partition coefficient (Wildman–Crippen LogP) is 4.38. The summed E-state index contributed by atoms with van der Waals surface area (Å²) >= 11 is 0. The molecule has 1 amide bonds. The SMILES string of the molecule is C[C@@H]1C(NC(=O)[C@@H]2[C@H]([C@H](C)O)[C@H](CO)ON2Cc2cccc(-c3ccc(NCCCN(C)C)cc3)c2)C[C@@H]2CC1C2(C)C. The molecule has 1 saturated heterocycles. The van der Waals surface area contributed by atoms with Crippen molar-refractivity contribution in [2.24, 2.45) is 29.1 Å². The maximum Gasteiger partial charge on any atom is 0.240 e. The number of rotatable bonds is 12. The second kappa shape index (κ2) is 13.2. The molecule has 8 heteroatoms. The van der Waals surface area contributed by atoms with Gasteiger partial charge in [-0.05, 0) is 105 Å². The van der Waals surface area contributed by atoms with Crippen LogP contribution in [0.5, 0.6) is 0 Å². The van der Waals surface area contributed by atoms with E-state index in [0.717, 1.165) is 48.3 Å². The first-order valence-corrected chi connectivity index (χ1v) is 16.1. The van der Waals surface area contributed by atoms with Gasteiger partial charge in [-0.25, -0.2) is 0 Å². The number of anilines is 1. The highest BCUT2D eigenvalue weighted by Crippen LogP contribution is 2.61. The van der Waals surface area contributed by atoms with Crippen LogP contribution >= 0.6 is 0 Å². The minimum atomic E-state index is -0.810. The second-order valence-corrected chi connectivity index (χ2v) is 14.1. The van der Waals surface area contributed by atoms with Crippen LogP contribution in [0.25, 0.3) is 11.1 Å². The van der Waals surface area contributed by atoms with Crippen molar-refractivity contribution >= 4 is 11.6 Å². The van der Waals surface area contributed by atoms with E-state index in [-0.39, 0.29) is 18.6 Å². The van der Waals surface area contributed by atoms with E-state index in [1.165, 1.54) is 6.42 Å². The monoisotopic (exact) mass is 592 g/mol. The highest BCUT2D eigenvalue weighted by molar-refractivity contribution is 5.83. The minimum absolute atomic E-state index is 0.114. The number of nitrogens with one attached hydrogen (secondary N) is 2. The summed E-state index contributed by atoms with van der Waals surface area (Å²) < 4.78 is 0. The Bertz CT molecular complexity index is 1230. The van der Waals surface area contributed by atoms with Gasteiger partial charge in [0.15, 0.2) is 0 Å². The standard InChI is InChI=1S/C35H52N4O4/c1-22-29-18-27(35(29,3)4)19-30(22)37-34(42)33-32(23(2)41)31(21-40)43-39(33)20-24-9-7-10-26(17-24)25-11-13-28(14-12-25)36-15-8-16-38(5)6/h7,9-14,17,22-23,27,29-33,36,40-41H,8,15-16,18-21H2,1-6H3,(H,37,42)/t22-,23-,27-,29?,30?,31-,32+,33-/m0/s1. The lowest BCUT2D eigenvalue weighted by atomic mass is 9.45. The number of benzene rings is 2. The molecule has 0 radical (unpaired) electrons. The zero-order valence-corrected chi connectivity index (χ0v) is 26.8. The largest absolute Gasteiger partial charge is 0.394 e. The van der Waals surface area contributed by atoms with Gasteiger partial charge in [0.1, 0.15) is 12.1 Å². The molecule has 2 aromatic rings. The van der Waals surface area contributed by atoms with Crippen molar-refractivity contribution in [3.8, 4) is 11.1 Å². The Hall–Kier alpha value is -2.49. The third-order valence-electron chi connectivity index (χ3n) is 10.7. The lowest BCUT2D eigenvalue weighted by Gasteiger charge is -2.62. The molecule has 2 unspecified atom stereocenters. The third kappa shape index (κ3) is 6.79. The Labute approximate surface area is 257 Å². The highest BCUT2D eigenvalue weighted by Gasteiger charge is 2.57. The summed E-state index contributed by atoms with van der Waals surface area (Å²) in [6, 6.07) is 16.2. The van der Waals surface area contributed by atoms with Gasteiger partial charge >= 0.3 is 0 Å². The zero-order valence-electron chi connectivity index (χ0n) is 26.8. The first kappa shape index (κ1) is 31.9. The molecule has 3 aliphatic carbocycles. The molecule has 4 aliphatic rings. The molecule has 8 atom stereocenters. The molecule has 0 aromatic heterocycles. The molecule has 236 valence electrons. The second-order valence-electron chi connectivity index (χ2n) is 14.1. The van der Waals surface area contributed by atoms with Crippen molar-refractivity contribution in [1.82, 2.24) is 15.3 Å². The van der Waals surface area contributed by atoms with Crippen LogP contribution in [-0.4, -0.2) is 84.2 Å². The Morgan fingerprint density at radius 2 is 1.88 bits per heavy atom. The van der Waals surface area contributed by atoms with Crippen LogP contribution in [-0.2, 0) is 16.2 Å². The number of aliphatic hydroxyl groups is 2. The van der Waals surface area contributed by atoms with Crippen LogP contribution in [0, 0.1) is 29.1 Å². The number of carbonyl (C=O) groups excluding carboxylic acids is 1. The number of hydroxylamine groups is 2. The van der Waals surface area contributed by atoms with E-state index < -0.39 is 24.2 Å². The van der Waals surface area contributed by atoms with Crippen LogP contribution in [0.3, 0.4) is 0 Å². The van der Waals surface area contributed by atoms with Crippen molar-refractivity contribution in [3.63, 3.8) is 0 Å². The summed E-state index contributed by atoms with van der Waals surface area (Å²) in [6.07, 6.45) is 1.86. The van der Waals surface area contributed by atoms with Gasteiger partial charge in [-0.1, -0.05) is 51.1 Å². The number of nitrogens with zero attached hydrogens (tertiary/aromatic N) is 2. The Morgan fingerprint density at radius 3 is 2.51 bits per heavy atom. The number of carbonyl (C=O) groups is 1. The molecule has 2 bridgehead atoms. The molecule has 4 N–H and O–H groups in total. The van der Waals surface area contributed by atoms with E-state index >= 15 is 0 Å². The van der Waals surface area contributed by atoms with Crippen molar-refractivity contribution in [3.05, 3.63) is 54.1 Å². The molecule has 1 heterocycles. The van der Waals surface area contributed by atoms with Crippen LogP contribution < -0.4 is 10.6 Å². The van der Waals surface area contributed by atoms with Crippen molar-refractivity contribution in [2.75, 3.05) is 39.1 Å². The highest BCUT2D eigenvalue weighted by atomic mass is 16.7. The van der Waals surface area contributed by atoms with E-state index in [1.807, 2.05) is 12.1 Å². The molecule has 2 aromatic carbocycles. The normalized spacial score (nSPS) is 30.6. The van der Waals surface area contributed by atoms with Crippen LogP contribution in [0.4, 0.5) is 5.69 Å². The number of fused-ring (bicyclic) bond motifs is 2. The fourth-order valence-corrected chi connectivity index (χ4v) is 7.92. The van der Waals surface area contributed by atoms with Gasteiger partial charge in [0.2, 0.25) is 5.91 Å². The van der Waals surface area contributed by atoms with Gasteiger partial charge < -0.3 is 25.7 Å². The molecule has 0 spiro atoms. The number of hydrogen-bond acceptors (Lipinski definition) is 7. The number of hydrogen-bond donors (Lipinski definition) is 4. The molecule has 6 rings (SSSR count). The van der Waals surface area contributed by atoms with Gasteiger partial charge in [0.25, 0.3) is 0 Å². The number of amides is 1. The summed E-state index contributed by atoms with van der Waals surface area (Å²) in [5.74, 6) is 0.984. The van der Waals surface area contributed by atoms with Crippen LogP contribution in [0.2, 0.25) is 0 Å². The summed E-state index contributed by atoms with van der Waals surface area (Å²) in [7, 11) is 4.18. The summed E-state index contributed by atoms with van der Waals surface area (Å²) in [5.41, 5.74) is 4.63. The number of aliphatic hydroxyl groups excluding tert-OH is 2. The zero-order chi connectivity index (χ0) is 30.9. The van der Waals surface area contributed by atoms with Crippen molar-refractivity contribution < 1.29 is 19.8 Å². The van der Waals surface area contributed by atoms with E-state index in [0.29, 0.717) is 29.7 Å². The quantitative estimate of drug-likeness (QED) is 0.272. The Balaban J connectivity index is 1.28. The molecule has 3 saturated carbocycles. The van der Waals surface area contributed by atoms with E-state index in [2.05, 4.69) is 86.8 Å². The predicted molar refractivity (Wildman–Crippen MR) is 171 cm³/mol. The van der Waals surface area contributed by atoms with Crippen molar-refractivity contribution in [1.29, 1.82) is 0 Å². The van der Waals surface area contributed by atoms with E-state index in [1.54, 1.807) is 12.0 Å². The third-order valence-corrected chi connectivity index (χ3v) is 10.7. The van der Waals surface area contributed by atoms with Gasteiger partial charge in [0.05, 0.1) is 19.3 Å². The maximum absolute atomic E-state index is 13.9. The van der Waals surface area contributed by atoms with Gasteiger partial charge in [-0.15, -0.1) is 0 Å². The molecular weight excluding hydrogens is 540 g/mol. The molecule has 4 fully saturated rings. The average molecular weight is 593 g/mol. The fourth-order valence-electron chi connectivity index (χ4n) is 7.92. The molecular formula is C35H52N4O4. The first-order valence-electron chi connectivity index (χ1n) is 16.1. The molecule has 8 nitrogen and oxygen atoms in total. The van der Waals surface area contributed by atoms with E-state index in [9.17, 15) is 15.0 Å². The topological polar surface area (TPSA) is 97.3 Å². The maximum atomic E-state index is 13.9. The van der Waals surface area contributed by atoms with Crippen molar-refractivity contribution in [2.45, 2.75) is 77.8 Å². The summed E-state index contributed by atoms with van der Waals surface area (Å²) in [5, 5.41) is 29.4. The summed E-state index contributed by atoms with van der Waals surface area (Å²) in [6.45, 7) is 10.7. The van der Waals surface area contributed by atoms with Gasteiger partial charge in [-0.2, -0.15) is 5.06 Å².